The molecule has 5 heteroatoms. The van der Waals surface area contributed by atoms with Crippen LogP contribution in [-0.2, 0) is 6.42 Å². The van der Waals surface area contributed by atoms with Gasteiger partial charge in [0.1, 0.15) is 5.65 Å². The Bertz CT molecular complexity index is 600. The first-order valence-electron chi connectivity index (χ1n) is 6.64. The van der Waals surface area contributed by atoms with E-state index in [1.54, 1.807) is 22.7 Å². The van der Waals surface area contributed by atoms with Crippen molar-refractivity contribution in [1.29, 1.82) is 0 Å². The maximum Gasteiger partial charge on any atom is 0.337 e. The Hall–Kier alpha value is -1.88. The van der Waals surface area contributed by atoms with E-state index in [4.69, 9.17) is 5.11 Å². The maximum absolute atomic E-state index is 10.9. The molecule has 0 amide bonds. The number of aromatic carboxylic acids is 1. The first-order chi connectivity index (χ1) is 9.22. The van der Waals surface area contributed by atoms with Crippen molar-refractivity contribution < 1.29 is 9.90 Å². The van der Waals surface area contributed by atoms with Gasteiger partial charge in [0.25, 0.3) is 0 Å². The molecule has 1 atom stereocenters. The summed E-state index contributed by atoms with van der Waals surface area (Å²) in [7, 11) is 0. The van der Waals surface area contributed by atoms with E-state index in [-0.39, 0.29) is 5.56 Å². The first-order valence-corrected chi connectivity index (χ1v) is 6.64. The third kappa shape index (κ3) is 2.61. The second kappa shape index (κ2) is 5.01. The van der Waals surface area contributed by atoms with Gasteiger partial charge in [0.15, 0.2) is 0 Å². The van der Waals surface area contributed by atoms with Gasteiger partial charge >= 0.3 is 5.97 Å². The molecule has 1 aliphatic rings. The molecule has 2 aromatic heterocycles. The summed E-state index contributed by atoms with van der Waals surface area (Å²) in [6.07, 6.45) is 6.98. The number of pyridine rings is 1. The summed E-state index contributed by atoms with van der Waals surface area (Å²) in [6, 6.07) is 3.35. The minimum atomic E-state index is -0.909. The number of piperidine rings is 1. The number of nitrogens with one attached hydrogen (secondary N) is 1. The van der Waals surface area contributed by atoms with Crippen LogP contribution < -0.4 is 5.32 Å². The fourth-order valence-corrected chi connectivity index (χ4v) is 2.66. The lowest BCUT2D eigenvalue weighted by Gasteiger charge is -2.21. The van der Waals surface area contributed by atoms with Gasteiger partial charge in [0.05, 0.1) is 11.3 Å². The lowest BCUT2D eigenvalue weighted by Crippen LogP contribution is -2.30. The SMILES string of the molecule is O=C(O)c1ccc2nc(CC3CCCNC3)cn2c1. The molecule has 2 N–H and O–H groups in total. The number of fused-ring (bicyclic) bond motifs is 1. The fourth-order valence-electron chi connectivity index (χ4n) is 2.66. The molecule has 1 unspecified atom stereocenters. The van der Waals surface area contributed by atoms with Gasteiger partial charge in [-0.25, -0.2) is 9.78 Å². The van der Waals surface area contributed by atoms with Crippen LogP contribution in [-0.4, -0.2) is 33.6 Å². The topological polar surface area (TPSA) is 66.6 Å². The molecular weight excluding hydrogens is 242 g/mol. The zero-order chi connectivity index (χ0) is 13.2. The monoisotopic (exact) mass is 259 g/mol. The van der Waals surface area contributed by atoms with E-state index in [0.29, 0.717) is 5.92 Å². The quantitative estimate of drug-likeness (QED) is 0.878. The lowest BCUT2D eigenvalue weighted by atomic mass is 9.95. The Balaban J connectivity index is 1.82. The van der Waals surface area contributed by atoms with Crippen molar-refractivity contribution in [2.75, 3.05) is 13.1 Å². The summed E-state index contributed by atoms with van der Waals surface area (Å²) in [5.74, 6) is -0.272. The van der Waals surface area contributed by atoms with Crippen LogP contribution in [0.1, 0.15) is 28.9 Å². The zero-order valence-electron chi connectivity index (χ0n) is 10.7. The molecule has 2 aromatic rings. The molecule has 100 valence electrons. The van der Waals surface area contributed by atoms with Crippen molar-refractivity contribution in [3.63, 3.8) is 0 Å². The molecule has 19 heavy (non-hydrogen) atoms. The fraction of sp³-hybridized carbons (Fsp3) is 0.429. The normalized spacial score (nSPS) is 19.7. The van der Waals surface area contributed by atoms with Crippen LogP contribution in [0.3, 0.4) is 0 Å². The molecule has 1 saturated heterocycles. The van der Waals surface area contributed by atoms with Crippen LogP contribution >= 0.6 is 0 Å². The Morgan fingerprint density at radius 2 is 2.37 bits per heavy atom. The molecule has 0 spiro atoms. The number of carboxylic acid groups (broad SMARTS) is 1. The summed E-state index contributed by atoms with van der Waals surface area (Å²) in [4.78, 5) is 15.5. The van der Waals surface area contributed by atoms with Crippen molar-refractivity contribution in [2.45, 2.75) is 19.3 Å². The summed E-state index contributed by atoms with van der Waals surface area (Å²) in [6.45, 7) is 2.16. The molecule has 0 aliphatic carbocycles. The Labute approximate surface area is 111 Å². The molecule has 0 radical (unpaired) electrons. The number of aromatic nitrogens is 2. The second-order valence-corrected chi connectivity index (χ2v) is 5.14. The van der Waals surface area contributed by atoms with Crippen LogP contribution in [0, 0.1) is 5.92 Å². The summed E-state index contributed by atoms with van der Waals surface area (Å²) in [5, 5.41) is 12.4. The van der Waals surface area contributed by atoms with Gasteiger partial charge in [-0.05, 0) is 50.4 Å². The van der Waals surface area contributed by atoms with E-state index >= 15 is 0 Å². The summed E-state index contributed by atoms with van der Waals surface area (Å²) >= 11 is 0. The molecule has 1 fully saturated rings. The van der Waals surface area contributed by atoms with Gasteiger partial charge in [0.2, 0.25) is 0 Å². The van der Waals surface area contributed by atoms with Crippen molar-refractivity contribution in [3.05, 3.63) is 35.8 Å². The number of hydrogen-bond donors (Lipinski definition) is 2. The van der Waals surface area contributed by atoms with Gasteiger partial charge in [-0.3, -0.25) is 0 Å². The van der Waals surface area contributed by atoms with Crippen LogP contribution in [0.4, 0.5) is 0 Å². The van der Waals surface area contributed by atoms with E-state index in [1.807, 2.05) is 6.20 Å². The zero-order valence-corrected chi connectivity index (χ0v) is 10.7. The van der Waals surface area contributed by atoms with Crippen LogP contribution in [0.5, 0.6) is 0 Å². The standard InChI is InChI=1S/C14H17N3O2/c18-14(19)11-3-4-13-16-12(9-17(13)8-11)6-10-2-1-5-15-7-10/h3-4,8-10,15H,1-2,5-7H2,(H,18,19). The number of carbonyl (C=O) groups is 1. The highest BCUT2D eigenvalue weighted by Gasteiger charge is 2.15. The summed E-state index contributed by atoms with van der Waals surface area (Å²) < 4.78 is 1.80. The number of rotatable bonds is 3. The Morgan fingerprint density at radius 3 is 3.11 bits per heavy atom. The minimum Gasteiger partial charge on any atom is -0.478 e. The Kier molecular flexibility index (Phi) is 3.21. The van der Waals surface area contributed by atoms with Crippen molar-refractivity contribution in [1.82, 2.24) is 14.7 Å². The predicted molar refractivity (Wildman–Crippen MR) is 71.4 cm³/mol. The van der Waals surface area contributed by atoms with E-state index in [0.717, 1.165) is 30.9 Å². The molecule has 1 aliphatic heterocycles. The van der Waals surface area contributed by atoms with Crippen molar-refractivity contribution in [3.8, 4) is 0 Å². The van der Waals surface area contributed by atoms with Gasteiger partial charge in [-0.2, -0.15) is 0 Å². The molecule has 0 bridgehead atoms. The number of nitrogens with zero attached hydrogens (tertiary/aromatic N) is 2. The molecule has 0 saturated carbocycles. The van der Waals surface area contributed by atoms with Crippen LogP contribution in [0.25, 0.3) is 5.65 Å². The Morgan fingerprint density at radius 1 is 1.47 bits per heavy atom. The lowest BCUT2D eigenvalue weighted by molar-refractivity contribution is 0.0696. The van der Waals surface area contributed by atoms with E-state index in [2.05, 4.69) is 10.3 Å². The highest BCUT2D eigenvalue weighted by molar-refractivity contribution is 5.87. The molecule has 0 aromatic carbocycles. The smallest absolute Gasteiger partial charge is 0.337 e. The number of imidazole rings is 1. The third-order valence-corrected chi connectivity index (χ3v) is 3.64. The van der Waals surface area contributed by atoms with Crippen LogP contribution in [0.15, 0.2) is 24.5 Å². The average molecular weight is 259 g/mol. The summed E-state index contributed by atoms with van der Waals surface area (Å²) in [5.41, 5.74) is 2.13. The largest absolute Gasteiger partial charge is 0.478 e. The number of carboxylic acids is 1. The van der Waals surface area contributed by atoms with Crippen molar-refractivity contribution in [2.24, 2.45) is 5.92 Å². The maximum atomic E-state index is 10.9. The average Bonchev–Trinajstić information content (AvgIpc) is 2.80. The molecular formula is C14H17N3O2. The van der Waals surface area contributed by atoms with Gasteiger partial charge < -0.3 is 14.8 Å². The van der Waals surface area contributed by atoms with E-state index < -0.39 is 5.97 Å². The third-order valence-electron chi connectivity index (χ3n) is 3.64. The van der Waals surface area contributed by atoms with Gasteiger partial charge in [-0.1, -0.05) is 0 Å². The highest BCUT2D eigenvalue weighted by Crippen LogP contribution is 2.17. The number of hydrogen-bond acceptors (Lipinski definition) is 3. The van der Waals surface area contributed by atoms with Crippen molar-refractivity contribution >= 4 is 11.6 Å². The minimum absolute atomic E-state index is 0.288. The molecule has 5 nitrogen and oxygen atoms in total. The van der Waals surface area contributed by atoms with E-state index in [1.165, 1.54) is 12.8 Å². The predicted octanol–water partition coefficient (Wildman–Crippen LogP) is 1.57. The van der Waals surface area contributed by atoms with Gasteiger partial charge in [0, 0.05) is 12.4 Å². The van der Waals surface area contributed by atoms with E-state index in [9.17, 15) is 4.79 Å². The van der Waals surface area contributed by atoms with Crippen LogP contribution in [0.2, 0.25) is 0 Å². The molecule has 3 heterocycles. The second-order valence-electron chi connectivity index (χ2n) is 5.14. The molecule has 3 rings (SSSR count). The first kappa shape index (κ1) is 12.2. The van der Waals surface area contributed by atoms with Gasteiger partial charge in [-0.15, -0.1) is 0 Å². The highest BCUT2D eigenvalue weighted by atomic mass is 16.4.